The molecule has 1 rings (SSSR count). The number of hydrogen-bond acceptors (Lipinski definition) is 4. The first-order chi connectivity index (χ1) is 7.42. The molecule has 1 saturated heterocycles. The Balaban J connectivity index is 2.45. The molecule has 0 aromatic rings. The van der Waals surface area contributed by atoms with Crippen molar-refractivity contribution in [1.29, 1.82) is 0 Å². The standard InChI is InChI=1S/C12H23NO3/c1-4-13(9-12(2,3)15)7-10-8-16-6-5-11(10)14/h10,15H,4-9H2,1-3H3. The van der Waals surface area contributed by atoms with Gasteiger partial charge in [0.1, 0.15) is 5.78 Å². The highest BCUT2D eigenvalue weighted by molar-refractivity contribution is 5.82. The molecule has 4 heteroatoms. The lowest BCUT2D eigenvalue weighted by atomic mass is 9.99. The molecule has 1 fully saturated rings. The molecule has 4 nitrogen and oxygen atoms in total. The number of hydrogen-bond donors (Lipinski definition) is 1. The number of carbonyl (C=O) groups excluding carboxylic acids is 1. The van der Waals surface area contributed by atoms with Gasteiger partial charge in [0.05, 0.1) is 24.7 Å². The molecular weight excluding hydrogens is 206 g/mol. The van der Waals surface area contributed by atoms with Gasteiger partial charge in [0.15, 0.2) is 0 Å². The molecule has 0 aliphatic carbocycles. The SMILES string of the molecule is CCN(CC1COCCC1=O)CC(C)(C)O. The van der Waals surface area contributed by atoms with Crippen molar-refractivity contribution in [2.75, 3.05) is 32.8 Å². The van der Waals surface area contributed by atoms with Crippen LogP contribution in [0.25, 0.3) is 0 Å². The predicted molar refractivity (Wildman–Crippen MR) is 62.3 cm³/mol. The van der Waals surface area contributed by atoms with E-state index in [9.17, 15) is 9.90 Å². The van der Waals surface area contributed by atoms with E-state index in [0.717, 1.165) is 6.54 Å². The summed E-state index contributed by atoms with van der Waals surface area (Å²) >= 11 is 0. The van der Waals surface area contributed by atoms with E-state index in [1.165, 1.54) is 0 Å². The second kappa shape index (κ2) is 5.75. The van der Waals surface area contributed by atoms with Crippen molar-refractivity contribution in [3.63, 3.8) is 0 Å². The Morgan fingerprint density at radius 2 is 2.25 bits per heavy atom. The molecule has 1 heterocycles. The van der Waals surface area contributed by atoms with Crippen LogP contribution in [-0.2, 0) is 9.53 Å². The molecule has 0 aromatic carbocycles. The van der Waals surface area contributed by atoms with Crippen LogP contribution in [0.5, 0.6) is 0 Å². The lowest BCUT2D eigenvalue weighted by Crippen LogP contribution is -2.44. The molecule has 94 valence electrons. The summed E-state index contributed by atoms with van der Waals surface area (Å²) in [6.45, 7) is 8.83. The average Bonchev–Trinajstić information content (AvgIpc) is 2.18. The monoisotopic (exact) mass is 229 g/mol. The van der Waals surface area contributed by atoms with E-state index < -0.39 is 5.60 Å². The number of likely N-dealkylation sites (N-methyl/N-ethyl adjacent to an activating group) is 1. The summed E-state index contributed by atoms with van der Waals surface area (Å²) in [5.74, 6) is 0.275. The Labute approximate surface area is 97.6 Å². The van der Waals surface area contributed by atoms with Gasteiger partial charge in [-0.15, -0.1) is 0 Å². The van der Waals surface area contributed by atoms with Gasteiger partial charge in [-0.3, -0.25) is 9.69 Å². The third kappa shape index (κ3) is 4.60. The van der Waals surface area contributed by atoms with Crippen molar-refractivity contribution < 1.29 is 14.6 Å². The van der Waals surface area contributed by atoms with Gasteiger partial charge in [0, 0.05) is 19.5 Å². The predicted octanol–water partition coefficient (Wildman–Crippen LogP) is 0.685. The Bertz CT molecular complexity index is 235. The number of aliphatic hydroxyl groups is 1. The fourth-order valence-electron chi connectivity index (χ4n) is 2.01. The van der Waals surface area contributed by atoms with Gasteiger partial charge in [-0.25, -0.2) is 0 Å². The minimum Gasteiger partial charge on any atom is -0.389 e. The molecule has 0 amide bonds. The zero-order valence-corrected chi connectivity index (χ0v) is 10.5. The summed E-state index contributed by atoms with van der Waals surface area (Å²) in [6, 6.07) is 0. The van der Waals surface area contributed by atoms with Crippen molar-refractivity contribution in [3.8, 4) is 0 Å². The van der Waals surface area contributed by atoms with E-state index in [1.807, 2.05) is 6.92 Å². The van der Waals surface area contributed by atoms with E-state index in [1.54, 1.807) is 13.8 Å². The number of ether oxygens (including phenoxy) is 1. The van der Waals surface area contributed by atoms with E-state index in [2.05, 4.69) is 4.90 Å². The topological polar surface area (TPSA) is 49.8 Å². The molecule has 0 radical (unpaired) electrons. The molecular formula is C12H23NO3. The van der Waals surface area contributed by atoms with Crippen LogP contribution in [0.3, 0.4) is 0 Å². The lowest BCUT2D eigenvalue weighted by molar-refractivity contribution is -0.131. The van der Waals surface area contributed by atoms with Crippen LogP contribution < -0.4 is 0 Å². The molecule has 1 aliphatic rings. The number of nitrogens with zero attached hydrogens (tertiary/aromatic N) is 1. The smallest absolute Gasteiger partial charge is 0.141 e. The van der Waals surface area contributed by atoms with E-state index in [4.69, 9.17) is 4.74 Å². The normalized spacial score (nSPS) is 22.8. The van der Waals surface area contributed by atoms with Crippen LogP contribution in [0.4, 0.5) is 0 Å². The summed E-state index contributed by atoms with van der Waals surface area (Å²) in [5.41, 5.74) is -0.714. The first-order valence-corrected chi connectivity index (χ1v) is 5.97. The summed E-state index contributed by atoms with van der Waals surface area (Å²) < 4.78 is 5.32. The van der Waals surface area contributed by atoms with Crippen LogP contribution in [0.1, 0.15) is 27.2 Å². The number of rotatable bonds is 5. The highest BCUT2D eigenvalue weighted by atomic mass is 16.5. The summed E-state index contributed by atoms with van der Waals surface area (Å²) in [5, 5.41) is 9.76. The van der Waals surface area contributed by atoms with Crippen LogP contribution >= 0.6 is 0 Å². The first kappa shape index (κ1) is 13.6. The number of Topliss-reactive ketones (excluding diaryl/α,β-unsaturated/α-hetero) is 1. The lowest BCUT2D eigenvalue weighted by Gasteiger charge is -2.31. The molecule has 0 saturated carbocycles. The molecule has 1 N–H and O–H groups in total. The molecule has 1 aliphatic heterocycles. The summed E-state index contributed by atoms with van der Waals surface area (Å²) in [7, 11) is 0. The Morgan fingerprint density at radius 1 is 1.56 bits per heavy atom. The maximum absolute atomic E-state index is 11.6. The highest BCUT2D eigenvalue weighted by Gasteiger charge is 2.26. The van der Waals surface area contributed by atoms with E-state index in [-0.39, 0.29) is 5.92 Å². The second-order valence-electron chi connectivity index (χ2n) is 5.13. The second-order valence-corrected chi connectivity index (χ2v) is 5.13. The van der Waals surface area contributed by atoms with E-state index >= 15 is 0 Å². The van der Waals surface area contributed by atoms with Gasteiger partial charge in [-0.2, -0.15) is 0 Å². The van der Waals surface area contributed by atoms with Crippen molar-refractivity contribution in [3.05, 3.63) is 0 Å². The van der Waals surface area contributed by atoms with E-state index in [0.29, 0.717) is 38.5 Å². The zero-order chi connectivity index (χ0) is 12.2. The van der Waals surface area contributed by atoms with Gasteiger partial charge in [0.25, 0.3) is 0 Å². The molecule has 16 heavy (non-hydrogen) atoms. The molecule has 0 spiro atoms. The highest BCUT2D eigenvalue weighted by Crippen LogP contribution is 2.13. The van der Waals surface area contributed by atoms with Crippen molar-refractivity contribution >= 4 is 5.78 Å². The minimum atomic E-state index is -0.714. The third-order valence-electron chi connectivity index (χ3n) is 2.80. The quantitative estimate of drug-likeness (QED) is 0.753. The molecule has 0 aromatic heterocycles. The largest absolute Gasteiger partial charge is 0.389 e. The fraction of sp³-hybridized carbons (Fsp3) is 0.917. The minimum absolute atomic E-state index is 0.0175. The maximum atomic E-state index is 11.6. The van der Waals surface area contributed by atoms with Crippen LogP contribution in [0, 0.1) is 5.92 Å². The first-order valence-electron chi connectivity index (χ1n) is 5.97. The van der Waals surface area contributed by atoms with Gasteiger partial charge >= 0.3 is 0 Å². The average molecular weight is 229 g/mol. The van der Waals surface area contributed by atoms with Crippen LogP contribution in [0.15, 0.2) is 0 Å². The molecule has 0 bridgehead atoms. The molecule has 1 unspecified atom stereocenters. The van der Waals surface area contributed by atoms with Gasteiger partial charge in [-0.05, 0) is 20.4 Å². The van der Waals surface area contributed by atoms with Crippen LogP contribution in [0.2, 0.25) is 0 Å². The Morgan fingerprint density at radius 3 is 2.75 bits per heavy atom. The summed E-state index contributed by atoms with van der Waals surface area (Å²) in [6.07, 6.45) is 0.532. The Hall–Kier alpha value is -0.450. The number of carbonyl (C=O) groups is 1. The van der Waals surface area contributed by atoms with Crippen molar-refractivity contribution in [1.82, 2.24) is 4.90 Å². The number of ketones is 1. The Kier molecular flexibility index (Phi) is 4.89. The van der Waals surface area contributed by atoms with Crippen LogP contribution in [-0.4, -0.2) is 54.2 Å². The van der Waals surface area contributed by atoms with Crippen molar-refractivity contribution in [2.24, 2.45) is 5.92 Å². The van der Waals surface area contributed by atoms with Crippen molar-refractivity contribution in [2.45, 2.75) is 32.8 Å². The van der Waals surface area contributed by atoms with Gasteiger partial charge in [-0.1, -0.05) is 6.92 Å². The molecule has 1 atom stereocenters. The van der Waals surface area contributed by atoms with Gasteiger partial charge in [0.2, 0.25) is 0 Å². The zero-order valence-electron chi connectivity index (χ0n) is 10.5. The maximum Gasteiger partial charge on any atom is 0.141 e. The van der Waals surface area contributed by atoms with Gasteiger partial charge < -0.3 is 9.84 Å². The summed E-state index contributed by atoms with van der Waals surface area (Å²) in [4.78, 5) is 13.8. The third-order valence-corrected chi connectivity index (χ3v) is 2.80. The fourth-order valence-corrected chi connectivity index (χ4v) is 2.01.